The topological polar surface area (TPSA) is 195 Å². The van der Waals surface area contributed by atoms with E-state index >= 15 is 8.78 Å². The smallest absolute Gasteiger partial charge is 0.335 e. The van der Waals surface area contributed by atoms with Gasteiger partial charge in [-0.15, -0.1) is 0 Å². The number of nitrogens with zero attached hydrogens (tertiary/aromatic N) is 2. The van der Waals surface area contributed by atoms with Crippen LogP contribution in [0.15, 0.2) is 75.1 Å². The Kier molecular flexibility index (Phi) is 11.0. The number of hydrogen-bond donors (Lipinski definition) is 4. The molecule has 52 heavy (non-hydrogen) atoms. The van der Waals surface area contributed by atoms with Gasteiger partial charge in [0.25, 0.3) is 21.5 Å². The summed E-state index contributed by atoms with van der Waals surface area (Å²) in [5.74, 6) is -5.89. The van der Waals surface area contributed by atoms with Crippen LogP contribution >= 0.6 is 0 Å². The third kappa shape index (κ3) is 8.10. The molecule has 17 heteroatoms. The van der Waals surface area contributed by atoms with E-state index in [1.165, 1.54) is 60.1 Å². The van der Waals surface area contributed by atoms with Crippen LogP contribution in [0, 0.1) is 31.4 Å². The van der Waals surface area contributed by atoms with Gasteiger partial charge < -0.3 is 25.0 Å². The van der Waals surface area contributed by atoms with Crippen molar-refractivity contribution in [2.45, 2.75) is 44.0 Å². The number of anilines is 2. The molecule has 1 fully saturated rings. The average Bonchev–Trinajstić information content (AvgIpc) is 3.12. The van der Waals surface area contributed by atoms with Gasteiger partial charge in [0.05, 0.1) is 21.8 Å². The zero-order valence-corrected chi connectivity index (χ0v) is 29.1. The van der Waals surface area contributed by atoms with Crippen molar-refractivity contribution >= 4 is 39.2 Å². The molecular formula is C35H35F2N5O9S. The van der Waals surface area contributed by atoms with E-state index in [4.69, 9.17) is 4.74 Å². The molecule has 4 N–H and O–H groups in total. The molecular weight excluding hydrogens is 704 g/mol. The number of benzene rings is 3. The molecule has 5 rings (SSSR count). The zero-order chi connectivity index (χ0) is 37.9. The number of carboxylic acids is 1. The summed E-state index contributed by atoms with van der Waals surface area (Å²) in [6.45, 7) is 4.16. The lowest BCUT2D eigenvalue weighted by atomic mass is 9.99. The highest BCUT2D eigenvalue weighted by Crippen LogP contribution is 2.25. The summed E-state index contributed by atoms with van der Waals surface area (Å²) in [5, 5.41) is 14.6. The van der Waals surface area contributed by atoms with Crippen LogP contribution in [-0.4, -0.2) is 59.7 Å². The Hall–Kier alpha value is -5.68. The SMILES string of the molecule is Cc1c(C)n(C)c(=O)n(-c2ccc(C[C@H](NC(=O)c3cc(F)c(NS(=O)(=O)c4ccc(NC(=O)C5CCOCC5)cc4)cc3F)C(=O)O)cc2)c1=O. The van der Waals surface area contributed by atoms with Gasteiger partial charge >= 0.3 is 11.7 Å². The largest absolute Gasteiger partial charge is 0.480 e. The molecule has 0 spiro atoms. The number of carbonyl (C=O) groups is 3. The number of nitrogens with one attached hydrogen (secondary N) is 3. The fraction of sp³-hybridized carbons (Fsp3) is 0.286. The highest BCUT2D eigenvalue weighted by molar-refractivity contribution is 7.92. The molecule has 0 saturated carbocycles. The molecule has 1 saturated heterocycles. The molecule has 0 radical (unpaired) electrons. The van der Waals surface area contributed by atoms with Gasteiger partial charge in [-0.2, -0.15) is 0 Å². The Labute approximate surface area is 296 Å². The van der Waals surface area contributed by atoms with Crippen molar-refractivity contribution in [3.63, 3.8) is 0 Å². The van der Waals surface area contributed by atoms with E-state index in [0.29, 0.717) is 60.7 Å². The molecule has 1 aromatic heterocycles. The molecule has 274 valence electrons. The summed E-state index contributed by atoms with van der Waals surface area (Å²) in [7, 11) is -2.93. The number of hydrogen-bond acceptors (Lipinski definition) is 8. The molecule has 0 bridgehead atoms. The van der Waals surface area contributed by atoms with Crippen LogP contribution in [0.1, 0.15) is 40.0 Å². The minimum absolute atomic E-state index is 0.230. The van der Waals surface area contributed by atoms with Gasteiger partial charge in [0.1, 0.15) is 17.7 Å². The highest BCUT2D eigenvalue weighted by Gasteiger charge is 2.26. The van der Waals surface area contributed by atoms with Crippen molar-refractivity contribution in [1.29, 1.82) is 0 Å². The monoisotopic (exact) mass is 739 g/mol. The molecule has 2 amide bonds. The minimum atomic E-state index is -4.45. The van der Waals surface area contributed by atoms with Crippen molar-refractivity contribution in [2.24, 2.45) is 13.0 Å². The first kappa shape index (κ1) is 37.6. The van der Waals surface area contributed by atoms with Crippen LogP contribution in [0.2, 0.25) is 0 Å². The van der Waals surface area contributed by atoms with E-state index in [-0.39, 0.29) is 28.8 Å². The lowest BCUT2D eigenvalue weighted by Crippen LogP contribution is -2.42. The second-order valence-corrected chi connectivity index (χ2v) is 13.9. The maximum absolute atomic E-state index is 15.1. The fourth-order valence-electron chi connectivity index (χ4n) is 5.56. The van der Waals surface area contributed by atoms with Gasteiger partial charge in [-0.3, -0.25) is 19.1 Å². The van der Waals surface area contributed by atoms with Crippen molar-refractivity contribution in [3.05, 3.63) is 116 Å². The summed E-state index contributed by atoms with van der Waals surface area (Å²) < 4.78 is 65.6. The first-order chi connectivity index (χ1) is 24.6. The first-order valence-corrected chi connectivity index (χ1v) is 17.5. The van der Waals surface area contributed by atoms with Crippen molar-refractivity contribution < 1.29 is 41.4 Å². The maximum atomic E-state index is 15.1. The predicted octanol–water partition coefficient (Wildman–Crippen LogP) is 3.02. The van der Waals surface area contributed by atoms with Crippen LogP contribution in [0.4, 0.5) is 20.2 Å². The summed E-state index contributed by atoms with van der Waals surface area (Å²) in [4.78, 5) is 62.6. The van der Waals surface area contributed by atoms with E-state index in [9.17, 15) is 37.5 Å². The lowest BCUT2D eigenvalue weighted by Gasteiger charge is -2.21. The van der Waals surface area contributed by atoms with E-state index in [1.807, 2.05) is 4.72 Å². The molecule has 1 atom stereocenters. The molecule has 3 aromatic carbocycles. The summed E-state index contributed by atoms with van der Waals surface area (Å²) in [6.07, 6.45) is 0.816. The van der Waals surface area contributed by atoms with Crippen LogP contribution in [0.5, 0.6) is 0 Å². The molecule has 1 aliphatic rings. The molecule has 2 heterocycles. The molecule has 4 aromatic rings. The Morgan fingerprint density at radius 1 is 0.962 bits per heavy atom. The fourth-order valence-corrected chi connectivity index (χ4v) is 6.62. The second kappa shape index (κ2) is 15.3. The van der Waals surface area contributed by atoms with E-state index < -0.39 is 62.1 Å². The standard InChI is InChI=1S/C35H35F2N5O9S/c1-19-20(2)41(3)35(48)42(33(19)45)24-8-4-21(5-9-24)16-30(34(46)47)39-32(44)26-17-28(37)29(18-27(26)36)40-52(49,50)25-10-6-23(7-11-25)38-31(43)22-12-14-51-15-13-22/h4-11,17-18,22,30,40H,12-16H2,1-3H3,(H,38,43)(H,39,44)(H,46,47)/t30-/m0/s1. The number of halogens is 2. The molecule has 0 aliphatic carbocycles. The number of aliphatic carboxylic acids is 1. The van der Waals surface area contributed by atoms with E-state index in [2.05, 4.69) is 10.6 Å². The number of carboxylic acid groups (broad SMARTS) is 1. The predicted molar refractivity (Wildman–Crippen MR) is 185 cm³/mol. The summed E-state index contributed by atoms with van der Waals surface area (Å²) >= 11 is 0. The quantitative estimate of drug-likeness (QED) is 0.179. The third-order valence-corrected chi connectivity index (χ3v) is 10.2. The number of amides is 2. The minimum Gasteiger partial charge on any atom is -0.480 e. The third-order valence-electron chi connectivity index (χ3n) is 8.86. The number of ether oxygens (including phenoxy) is 1. The number of rotatable bonds is 11. The normalized spacial score (nSPS) is 14.0. The Balaban J connectivity index is 1.26. The van der Waals surface area contributed by atoms with Crippen molar-refractivity contribution in [3.8, 4) is 5.69 Å². The number of carbonyl (C=O) groups excluding carboxylic acids is 2. The van der Waals surface area contributed by atoms with Gasteiger partial charge in [0.2, 0.25) is 5.91 Å². The van der Waals surface area contributed by atoms with Crippen LogP contribution < -0.4 is 26.6 Å². The highest BCUT2D eigenvalue weighted by atomic mass is 32.2. The van der Waals surface area contributed by atoms with Gasteiger partial charge in [-0.05, 0) is 74.7 Å². The van der Waals surface area contributed by atoms with Gasteiger partial charge in [-0.25, -0.2) is 31.4 Å². The number of sulfonamides is 1. The summed E-state index contributed by atoms with van der Waals surface area (Å²) in [5.41, 5.74) is -0.967. The number of aromatic nitrogens is 2. The van der Waals surface area contributed by atoms with E-state index in [0.717, 1.165) is 4.57 Å². The van der Waals surface area contributed by atoms with Gasteiger partial charge in [0.15, 0.2) is 0 Å². The van der Waals surface area contributed by atoms with Crippen LogP contribution in [0.3, 0.4) is 0 Å². The molecule has 1 aliphatic heterocycles. The Morgan fingerprint density at radius 2 is 1.60 bits per heavy atom. The first-order valence-electron chi connectivity index (χ1n) is 16.0. The Morgan fingerprint density at radius 3 is 2.21 bits per heavy atom. The molecule has 0 unspecified atom stereocenters. The van der Waals surface area contributed by atoms with Crippen molar-refractivity contribution in [2.75, 3.05) is 23.3 Å². The van der Waals surface area contributed by atoms with E-state index in [1.54, 1.807) is 13.8 Å². The zero-order valence-electron chi connectivity index (χ0n) is 28.2. The maximum Gasteiger partial charge on any atom is 0.335 e. The second-order valence-electron chi connectivity index (χ2n) is 12.2. The van der Waals surface area contributed by atoms with Crippen LogP contribution in [-0.2, 0) is 37.8 Å². The lowest BCUT2D eigenvalue weighted by molar-refractivity contribution is -0.139. The van der Waals surface area contributed by atoms with Crippen LogP contribution in [0.25, 0.3) is 5.69 Å². The Bertz CT molecular complexity index is 2230. The summed E-state index contributed by atoms with van der Waals surface area (Å²) in [6, 6.07) is 10.1. The van der Waals surface area contributed by atoms with Crippen molar-refractivity contribution in [1.82, 2.24) is 14.5 Å². The average molecular weight is 740 g/mol. The van der Waals surface area contributed by atoms with Gasteiger partial charge in [0, 0.05) is 55.6 Å². The molecule has 14 nitrogen and oxygen atoms in total. The van der Waals surface area contributed by atoms with Gasteiger partial charge in [-0.1, -0.05) is 12.1 Å².